The highest BCUT2D eigenvalue weighted by atomic mass is 79.9. The van der Waals surface area contributed by atoms with Gasteiger partial charge in [-0.1, -0.05) is 28.1 Å². The first-order chi connectivity index (χ1) is 10.5. The molecule has 0 unspecified atom stereocenters. The summed E-state index contributed by atoms with van der Waals surface area (Å²) in [4.78, 5) is 11.7. The number of rotatable bonds is 6. The van der Waals surface area contributed by atoms with Crippen LogP contribution in [0.15, 0.2) is 48.8 Å². The van der Waals surface area contributed by atoms with Crippen molar-refractivity contribution in [3.05, 3.63) is 56.4 Å². The van der Waals surface area contributed by atoms with Crippen LogP contribution in [0.4, 0.5) is 0 Å². The molecule has 0 aliphatic carbocycles. The van der Waals surface area contributed by atoms with Gasteiger partial charge < -0.3 is 4.42 Å². The van der Waals surface area contributed by atoms with Crippen molar-refractivity contribution in [1.82, 2.24) is 5.43 Å². The molecule has 0 aliphatic heterocycles. The van der Waals surface area contributed by atoms with Gasteiger partial charge in [0.25, 0.3) is 0 Å². The molecular weight excluding hydrogens is 432 g/mol. The first-order valence-corrected chi connectivity index (χ1v) is 9.18. The molecule has 1 aromatic heterocycles. The van der Waals surface area contributed by atoms with E-state index < -0.39 is 0 Å². The third kappa shape index (κ3) is 5.62. The summed E-state index contributed by atoms with van der Waals surface area (Å²) >= 11 is 8.31. The molecule has 1 heterocycles. The van der Waals surface area contributed by atoms with E-state index in [9.17, 15) is 4.79 Å². The lowest BCUT2D eigenvalue weighted by Gasteiger charge is -2.02. The minimum absolute atomic E-state index is 0.140. The zero-order valence-electron chi connectivity index (χ0n) is 11.8. The molecule has 0 saturated heterocycles. The maximum Gasteiger partial charge on any atom is 0.250 e. The highest BCUT2D eigenvalue weighted by Crippen LogP contribution is 2.19. The second-order valence-corrected chi connectivity index (χ2v) is 7.22. The number of nitrogens with one attached hydrogen (secondary N) is 1. The molecule has 0 aliphatic rings. The fourth-order valence-corrected chi connectivity index (χ4v) is 3.15. The number of carbonyl (C=O) groups excluding carboxylic acids is 1. The molecule has 7 heteroatoms. The average Bonchev–Trinajstić information content (AvgIpc) is 2.78. The van der Waals surface area contributed by atoms with Crippen LogP contribution in [0.25, 0.3) is 0 Å². The molecule has 4 nitrogen and oxygen atoms in total. The fraction of sp³-hybridized carbons (Fsp3) is 0.200. The fourth-order valence-electron chi connectivity index (χ4n) is 1.63. The number of benzene rings is 1. The van der Waals surface area contributed by atoms with Crippen LogP contribution in [0.2, 0.25) is 0 Å². The number of hydrazone groups is 1. The number of halogens is 2. The van der Waals surface area contributed by atoms with Gasteiger partial charge in [-0.3, -0.25) is 4.79 Å². The van der Waals surface area contributed by atoms with E-state index in [1.165, 1.54) is 23.5 Å². The molecule has 0 saturated carbocycles. The number of nitrogens with zero attached hydrogens (tertiary/aromatic N) is 1. The monoisotopic (exact) mass is 444 g/mol. The van der Waals surface area contributed by atoms with E-state index in [4.69, 9.17) is 4.42 Å². The first-order valence-electron chi connectivity index (χ1n) is 6.44. The lowest BCUT2D eigenvalue weighted by molar-refractivity contribution is -0.118. The normalized spacial score (nSPS) is 11.0. The molecule has 0 fully saturated rings. The van der Waals surface area contributed by atoms with Crippen molar-refractivity contribution in [1.29, 1.82) is 0 Å². The average molecular weight is 446 g/mol. The van der Waals surface area contributed by atoms with Crippen LogP contribution in [-0.4, -0.2) is 17.9 Å². The van der Waals surface area contributed by atoms with Crippen LogP contribution < -0.4 is 5.43 Å². The highest BCUT2D eigenvalue weighted by Gasteiger charge is 2.03. The van der Waals surface area contributed by atoms with Gasteiger partial charge in [-0.15, -0.1) is 11.8 Å². The largest absolute Gasteiger partial charge is 0.459 e. The number of amides is 1. The zero-order valence-corrected chi connectivity index (χ0v) is 15.8. The van der Waals surface area contributed by atoms with E-state index in [0.717, 1.165) is 20.5 Å². The van der Waals surface area contributed by atoms with Crippen molar-refractivity contribution in [2.24, 2.45) is 5.10 Å². The van der Waals surface area contributed by atoms with Crippen molar-refractivity contribution in [2.45, 2.75) is 12.7 Å². The van der Waals surface area contributed by atoms with Gasteiger partial charge in [-0.2, -0.15) is 5.10 Å². The predicted octanol–water partition coefficient (Wildman–Crippen LogP) is 4.50. The Morgan fingerprint density at radius 3 is 2.91 bits per heavy atom. The van der Waals surface area contributed by atoms with Crippen molar-refractivity contribution < 1.29 is 9.21 Å². The Hall–Kier alpha value is -1.05. The van der Waals surface area contributed by atoms with Gasteiger partial charge in [0.1, 0.15) is 11.5 Å². The van der Waals surface area contributed by atoms with Crippen molar-refractivity contribution in [3.63, 3.8) is 0 Å². The predicted molar refractivity (Wildman–Crippen MR) is 97.2 cm³/mol. The molecule has 2 aromatic rings. The zero-order chi connectivity index (χ0) is 15.9. The van der Waals surface area contributed by atoms with E-state index >= 15 is 0 Å². The summed E-state index contributed by atoms with van der Waals surface area (Å²) in [7, 11) is 0. The van der Waals surface area contributed by atoms with Crippen molar-refractivity contribution in [3.8, 4) is 0 Å². The molecule has 116 valence electrons. The number of thioether (sulfide) groups is 1. The number of hydrogen-bond donors (Lipinski definition) is 1. The Balaban J connectivity index is 1.72. The van der Waals surface area contributed by atoms with Crippen LogP contribution in [0, 0.1) is 6.92 Å². The van der Waals surface area contributed by atoms with Gasteiger partial charge >= 0.3 is 0 Å². The van der Waals surface area contributed by atoms with Gasteiger partial charge in [0.15, 0.2) is 0 Å². The minimum Gasteiger partial charge on any atom is -0.459 e. The van der Waals surface area contributed by atoms with Gasteiger partial charge in [0.2, 0.25) is 5.91 Å². The first kappa shape index (κ1) is 17.3. The Morgan fingerprint density at radius 2 is 2.23 bits per heavy atom. The summed E-state index contributed by atoms with van der Waals surface area (Å²) in [6.07, 6.45) is 1.48. The Labute approximate surface area is 150 Å². The van der Waals surface area contributed by atoms with E-state index in [0.29, 0.717) is 11.5 Å². The summed E-state index contributed by atoms with van der Waals surface area (Å²) in [6.45, 7) is 1.85. The van der Waals surface area contributed by atoms with Crippen LogP contribution in [0.1, 0.15) is 17.1 Å². The van der Waals surface area contributed by atoms with Crippen LogP contribution >= 0.6 is 43.6 Å². The third-order valence-electron chi connectivity index (χ3n) is 2.65. The lowest BCUT2D eigenvalue weighted by Crippen LogP contribution is -2.19. The lowest BCUT2D eigenvalue weighted by atomic mass is 10.2. The Bertz CT molecular complexity index is 666. The van der Waals surface area contributed by atoms with Crippen molar-refractivity contribution in [2.75, 3.05) is 5.75 Å². The number of carbonyl (C=O) groups is 1. The second kappa shape index (κ2) is 8.55. The highest BCUT2D eigenvalue weighted by molar-refractivity contribution is 9.10. The van der Waals surface area contributed by atoms with Gasteiger partial charge in [-0.05, 0) is 40.5 Å². The molecule has 1 N–H and O–H groups in total. The molecule has 0 radical (unpaired) electrons. The maximum atomic E-state index is 11.7. The molecule has 0 atom stereocenters. The molecule has 1 aromatic carbocycles. The molecule has 22 heavy (non-hydrogen) atoms. The van der Waals surface area contributed by atoms with E-state index in [1.54, 1.807) is 6.07 Å². The number of furan rings is 1. The minimum atomic E-state index is -0.140. The molecule has 0 spiro atoms. The van der Waals surface area contributed by atoms with Crippen LogP contribution in [-0.2, 0) is 10.5 Å². The maximum absolute atomic E-state index is 11.7. The topological polar surface area (TPSA) is 54.6 Å². The Morgan fingerprint density at radius 1 is 1.41 bits per heavy atom. The Kier molecular flexibility index (Phi) is 6.72. The van der Waals surface area contributed by atoms with Gasteiger partial charge in [0.05, 0.1) is 16.4 Å². The SMILES string of the molecule is Cc1oc(/C=N\NC(=O)CSCc2cccc(Br)c2)cc1Br. The third-order valence-corrected chi connectivity index (χ3v) is 4.93. The summed E-state index contributed by atoms with van der Waals surface area (Å²) < 4.78 is 7.31. The number of aryl methyl sites for hydroxylation is 1. The molecular formula is C15H14Br2N2O2S. The summed E-state index contributed by atoms with van der Waals surface area (Å²) in [5.41, 5.74) is 3.66. The summed E-state index contributed by atoms with van der Waals surface area (Å²) in [5.74, 6) is 2.36. The second-order valence-electron chi connectivity index (χ2n) is 4.47. The van der Waals surface area contributed by atoms with E-state index in [-0.39, 0.29) is 5.91 Å². The van der Waals surface area contributed by atoms with Crippen LogP contribution in [0.5, 0.6) is 0 Å². The van der Waals surface area contributed by atoms with Gasteiger partial charge in [-0.25, -0.2) is 5.43 Å². The van der Waals surface area contributed by atoms with E-state index in [2.05, 4.69) is 42.4 Å². The summed E-state index contributed by atoms with van der Waals surface area (Å²) in [5, 5.41) is 3.88. The number of hydrogen-bond acceptors (Lipinski definition) is 4. The van der Waals surface area contributed by atoms with E-state index in [1.807, 2.05) is 31.2 Å². The quantitative estimate of drug-likeness (QED) is 0.526. The van der Waals surface area contributed by atoms with Crippen molar-refractivity contribution >= 4 is 55.7 Å². The molecule has 2 rings (SSSR count). The smallest absolute Gasteiger partial charge is 0.250 e. The van der Waals surface area contributed by atoms with Gasteiger partial charge in [0, 0.05) is 16.3 Å². The standard InChI is InChI=1S/C15H14Br2N2O2S/c1-10-14(17)6-13(21-10)7-18-19-15(20)9-22-8-11-3-2-4-12(16)5-11/h2-7H,8-9H2,1H3,(H,19,20)/b18-7-. The molecule has 0 bridgehead atoms. The van der Waals surface area contributed by atoms with Crippen LogP contribution in [0.3, 0.4) is 0 Å². The molecule has 1 amide bonds. The summed E-state index contributed by atoms with van der Waals surface area (Å²) in [6, 6.07) is 9.83.